The number of nitrogens with zero attached hydrogens (tertiary/aromatic N) is 3. The lowest BCUT2D eigenvalue weighted by molar-refractivity contribution is 1.10. The highest BCUT2D eigenvalue weighted by Gasteiger charge is 2.00. The molecule has 4 heteroatoms. The summed E-state index contributed by atoms with van der Waals surface area (Å²) in [4.78, 5) is 11.7. The van der Waals surface area contributed by atoms with E-state index in [0.717, 1.165) is 16.8 Å². The fourth-order valence-electron chi connectivity index (χ4n) is 2.27. The third kappa shape index (κ3) is 8.98. The highest BCUT2D eigenvalue weighted by molar-refractivity contribution is 5.86. The number of hydrogen-bond acceptors (Lipinski definition) is 4. The van der Waals surface area contributed by atoms with Crippen molar-refractivity contribution >= 4 is 17.6 Å². The predicted octanol–water partition coefficient (Wildman–Crippen LogP) is 5.75. The monoisotopic (exact) mass is 388 g/mol. The van der Waals surface area contributed by atoms with Gasteiger partial charge >= 0.3 is 0 Å². The van der Waals surface area contributed by atoms with Crippen molar-refractivity contribution in [3.8, 4) is 0 Å². The number of hydrogen-bond donors (Lipinski definition) is 1. The first-order chi connectivity index (χ1) is 13.7. The van der Waals surface area contributed by atoms with Crippen molar-refractivity contribution in [1.82, 2.24) is 9.97 Å². The number of anilines is 1. The number of rotatable bonds is 2. The lowest BCUT2D eigenvalue weighted by Gasteiger charge is -1.99. The quantitative estimate of drug-likeness (QED) is 0.569. The zero-order valence-corrected chi connectivity index (χ0v) is 18.4. The van der Waals surface area contributed by atoms with Crippen molar-refractivity contribution in [2.24, 2.45) is 4.99 Å². The Morgan fingerprint density at radius 1 is 0.862 bits per heavy atom. The van der Waals surface area contributed by atoms with Crippen molar-refractivity contribution in [3.63, 3.8) is 0 Å². The Kier molecular flexibility index (Phi) is 10.0. The van der Waals surface area contributed by atoms with Crippen LogP contribution in [0.25, 0.3) is 5.57 Å². The van der Waals surface area contributed by atoms with Gasteiger partial charge in [0, 0.05) is 13.3 Å². The van der Waals surface area contributed by atoms with Crippen LogP contribution < -0.4 is 5.73 Å². The molecule has 0 fully saturated rings. The normalized spacial score (nSPS) is 9.86. The van der Waals surface area contributed by atoms with Crippen LogP contribution in [0.2, 0.25) is 0 Å². The molecule has 0 atom stereocenters. The van der Waals surface area contributed by atoms with Gasteiger partial charge in [-0.15, -0.1) is 0 Å². The van der Waals surface area contributed by atoms with Crippen LogP contribution in [-0.2, 0) is 0 Å². The van der Waals surface area contributed by atoms with E-state index in [1.807, 2.05) is 13.8 Å². The van der Waals surface area contributed by atoms with Crippen molar-refractivity contribution in [2.45, 2.75) is 34.6 Å². The molecule has 0 radical (unpaired) electrons. The summed E-state index contributed by atoms with van der Waals surface area (Å²) in [6, 6.07) is 16.9. The second kappa shape index (κ2) is 12.2. The van der Waals surface area contributed by atoms with E-state index in [1.165, 1.54) is 28.6 Å². The topological polar surface area (TPSA) is 64.2 Å². The largest absolute Gasteiger partial charge is 0.383 e. The van der Waals surface area contributed by atoms with Crippen molar-refractivity contribution in [2.75, 3.05) is 12.8 Å². The molecule has 1 aromatic heterocycles. The molecule has 3 aromatic rings. The Bertz CT molecular complexity index is 883. The van der Waals surface area contributed by atoms with Gasteiger partial charge in [0.25, 0.3) is 0 Å². The van der Waals surface area contributed by atoms with E-state index in [4.69, 9.17) is 5.73 Å². The molecule has 2 aromatic carbocycles. The van der Waals surface area contributed by atoms with Crippen LogP contribution in [0.1, 0.15) is 40.4 Å². The molecule has 152 valence electrons. The van der Waals surface area contributed by atoms with Gasteiger partial charge in [-0.25, -0.2) is 9.97 Å². The number of nitrogens with two attached hydrogens (primary N) is 1. The molecule has 0 bridgehead atoms. The zero-order chi connectivity index (χ0) is 21.8. The Balaban J connectivity index is 0.000000220. The van der Waals surface area contributed by atoms with Crippen LogP contribution in [0, 0.1) is 27.7 Å². The van der Waals surface area contributed by atoms with Gasteiger partial charge in [-0.2, -0.15) is 0 Å². The molecule has 29 heavy (non-hydrogen) atoms. The summed E-state index contributed by atoms with van der Waals surface area (Å²) < 4.78 is 0. The van der Waals surface area contributed by atoms with Gasteiger partial charge in [0.1, 0.15) is 12.1 Å². The maximum absolute atomic E-state index is 5.57. The minimum absolute atomic E-state index is 0.475. The molecule has 0 saturated carbocycles. The fourth-order valence-corrected chi connectivity index (χ4v) is 2.27. The smallest absolute Gasteiger partial charge is 0.135 e. The Hall–Kier alpha value is -3.27. The number of aliphatic imine (C=N–C) groups is 1. The summed E-state index contributed by atoms with van der Waals surface area (Å²) in [6.07, 6.45) is 3.10. The standard InChI is InChI=1S/C10H12.C8H10.C7H10N4/c1-8(2)10-6-4-9(3)5-7-10;1-7-3-5-8(2)6-4-7;1-5-6(3-9-2)7(8)11-4-10-5/h4-7H,1H2,2-3H3;3-6H,1-2H3;3-4H,1-2H3,(H2,8,10,11). The first-order valence-electron chi connectivity index (χ1n) is 9.49. The minimum Gasteiger partial charge on any atom is -0.383 e. The first-order valence-corrected chi connectivity index (χ1v) is 9.49. The van der Waals surface area contributed by atoms with E-state index in [1.54, 1.807) is 13.3 Å². The fraction of sp³-hybridized carbons (Fsp3) is 0.240. The molecular weight excluding hydrogens is 356 g/mol. The third-order valence-corrected chi connectivity index (χ3v) is 4.13. The van der Waals surface area contributed by atoms with Crippen LogP contribution in [-0.4, -0.2) is 23.2 Å². The van der Waals surface area contributed by atoms with Crippen LogP contribution in [0.3, 0.4) is 0 Å². The number of aryl methyl sites for hydroxylation is 4. The predicted molar refractivity (Wildman–Crippen MR) is 127 cm³/mol. The van der Waals surface area contributed by atoms with Gasteiger partial charge in [0.05, 0.1) is 11.3 Å². The second-order valence-corrected chi connectivity index (χ2v) is 6.95. The van der Waals surface area contributed by atoms with Gasteiger partial charge in [-0.1, -0.05) is 77.4 Å². The highest BCUT2D eigenvalue weighted by atomic mass is 14.9. The number of benzene rings is 2. The SMILES string of the molecule is C=C(C)c1ccc(C)cc1.CN=Cc1c(C)ncnc1N.Cc1ccc(C)cc1. The summed E-state index contributed by atoms with van der Waals surface area (Å²) in [7, 11) is 1.69. The molecule has 4 nitrogen and oxygen atoms in total. The Morgan fingerprint density at radius 2 is 1.31 bits per heavy atom. The van der Waals surface area contributed by atoms with Crippen molar-refractivity contribution in [1.29, 1.82) is 0 Å². The molecule has 2 N–H and O–H groups in total. The van der Waals surface area contributed by atoms with Gasteiger partial charge < -0.3 is 5.73 Å². The number of nitrogen functional groups attached to an aromatic ring is 1. The molecule has 0 saturated heterocycles. The van der Waals surface area contributed by atoms with Gasteiger partial charge in [-0.3, -0.25) is 4.99 Å². The molecule has 3 rings (SSSR count). The second-order valence-electron chi connectivity index (χ2n) is 6.95. The Labute approximate surface area is 175 Å². The average Bonchev–Trinajstić information content (AvgIpc) is 2.69. The summed E-state index contributed by atoms with van der Waals surface area (Å²) in [5, 5.41) is 0. The number of allylic oxidation sites excluding steroid dienone is 1. The summed E-state index contributed by atoms with van der Waals surface area (Å²) in [5.41, 5.74) is 13.5. The van der Waals surface area contributed by atoms with Crippen LogP contribution >= 0.6 is 0 Å². The third-order valence-electron chi connectivity index (χ3n) is 4.13. The first kappa shape index (κ1) is 23.8. The van der Waals surface area contributed by atoms with E-state index >= 15 is 0 Å². The van der Waals surface area contributed by atoms with E-state index in [0.29, 0.717) is 5.82 Å². The van der Waals surface area contributed by atoms with Crippen molar-refractivity contribution in [3.05, 3.63) is 94.9 Å². The lowest BCUT2D eigenvalue weighted by atomic mass is 10.1. The van der Waals surface area contributed by atoms with Gasteiger partial charge in [-0.05, 0) is 40.2 Å². The molecular formula is C25H32N4. The summed E-state index contributed by atoms with van der Waals surface area (Å²) >= 11 is 0. The average molecular weight is 389 g/mol. The van der Waals surface area contributed by atoms with E-state index in [2.05, 4.69) is 90.8 Å². The van der Waals surface area contributed by atoms with Crippen LogP contribution in [0.4, 0.5) is 5.82 Å². The summed E-state index contributed by atoms with van der Waals surface area (Å²) in [6.45, 7) is 14.0. The van der Waals surface area contributed by atoms with Crippen LogP contribution in [0.15, 0.2) is 66.4 Å². The highest BCUT2D eigenvalue weighted by Crippen LogP contribution is 2.11. The summed E-state index contributed by atoms with van der Waals surface area (Å²) in [5.74, 6) is 0.475. The Morgan fingerprint density at radius 3 is 1.69 bits per heavy atom. The zero-order valence-electron chi connectivity index (χ0n) is 18.4. The van der Waals surface area contributed by atoms with Gasteiger partial charge in [0.15, 0.2) is 0 Å². The molecule has 0 aliphatic rings. The van der Waals surface area contributed by atoms with Crippen molar-refractivity contribution < 1.29 is 0 Å². The molecule has 0 unspecified atom stereocenters. The van der Waals surface area contributed by atoms with E-state index < -0.39 is 0 Å². The number of aromatic nitrogens is 2. The minimum atomic E-state index is 0.475. The van der Waals surface area contributed by atoms with Crippen LogP contribution in [0.5, 0.6) is 0 Å². The molecule has 1 heterocycles. The molecule has 0 aliphatic carbocycles. The molecule has 0 amide bonds. The van der Waals surface area contributed by atoms with E-state index in [9.17, 15) is 0 Å². The maximum atomic E-state index is 5.57. The molecule has 0 aliphatic heterocycles. The van der Waals surface area contributed by atoms with Gasteiger partial charge in [0.2, 0.25) is 0 Å². The molecule has 0 spiro atoms. The lowest BCUT2D eigenvalue weighted by Crippen LogP contribution is -2.01. The van der Waals surface area contributed by atoms with E-state index in [-0.39, 0.29) is 0 Å². The maximum Gasteiger partial charge on any atom is 0.135 e.